The van der Waals surface area contributed by atoms with Crippen molar-refractivity contribution in [3.8, 4) is 12.3 Å². The lowest BCUT2D eigenvalue weighted by molar-refractivity contribution is 0.0903. The zero-order valence-electron chi connectivity index (χ0n) is 18.4. The van der Waals surface area contributed by atoms with Crippen molar-refractivity contribution in [3.63, 3.8) is 0 Å². The molecule has 32 heavy (non-hydrogen) atoms. The van der Waals surface area contributed by atoms with Crippen LogP contribution in [0.4, 0.5) is 11.8 Å². The molecule has 2 aromatic rings. The molecule has 0 bridgehead atoms. The van der Waals surface area contributed by atoms with Crippen LogP contribution in [0, 0.1) is 18.3 Å². The molecule has 0 aliphatic carbocycles. The molecule has 168 valence electrons. The fourth-order valence-corrected chi connectivity index (χ4v) is 6.18. The van der Waals surface area contributed by atoms with Crippen molar-refractivity contribution in [2.24, 2.45) is 5.92 Å². The van der Waals surface area contributed by atoms with Gasteiger partial charge in [0.2, 0.25) is 5.95 Å². The van der Waals surface area contributed by atoms with E-state index in [1.165, 1.54) is 5.56 Å². The monoisotopic (exact) mass is 450 g/mol. The van der Waals surface area contributed by atoms with E-state index in [0.717, 1.165) is 92.7 Å². The van der Waals surface area contributed by atoms with Crippen molar-refractivity contribution in [3.05, 3.63) is 41.1 Å². The first-order valence-electron chi connectivity index (χ1n) is 11.6. The molecule has 1 unspecified atom stereocenters. The van der Waals surface area contributed by atoms with Crippen molar-refractivity contribution < 1.29 is 8.95 Å². The van der Waals surface area contributed by atoms with E-state index >= 15 is 0 Å². The van der Waals surface area contributed by atoms with E-state index in [4.69, 9.17) is 21.1 Å². The van der Waals surface area contributed by atoms with Crippen molar-refractivity contribution in [1.29, 1.82) is 0 Å². The number of aromatic nitrogens is 2. The number of aryl methyl sites for hydroxylation is 1. The second-order valence-corrected chi connectivity index (χ2v) is 10.5. The van der Waals surface area contributed by atoms with Crippen LogP contribution in [0.1, 0.15) is 42.5 Å². The SMILES string of the molecule is C#Cc1ccc(CC2CCN(c3nc4c(c(NC5CCOCC5)n3)S(=O)CC4)CC2)cc1. The zero-order chi connectivity index (χ0) is 21.9. The van der Waals surface area contributed by atoms with Gasteiger partial charge in [0, 0.05) is 50.1 Å². The van der Waals surface area contributed by atoms with Crippen LogP contribution in [0.15, 0.2) is 29.2 Å². The number of ether oxygens (including phenoxy) is 1. The maximum absolute atomic E-state index is 12.6. The summed E-state index contributed by atoms with van der Waals surface area (Å²) in [5, 5.41) is 3.58. The van der Waals surface area contributed by atoms with Gasteiger partial charge < -0.3 is 15.0 Å². The van der Waals surface area contributed by atoms with Gasteiger partial charge in [0.25, 0.3) is 0 Å². The molecule has 0 spiro atoms. The molecule has 3 aliphatic heterocycles. The predicted molar refractivity (Wildman–Crippen MR) is 127 cm³/mol. The molecule has 1 aromatic heterocycles. The minimum atomic E-state index is -1.01. The van der Waals surface area contributed by atoms with Crippen LogP contribution in [0.2, 0.25) is 0 Å². The van der Waals surface area contributed by atoms with E-state index in [2.05, 4.69) is 28.3 Å². The molecule has 1 aromatic carbocycles. The summed E-state index contributed by atoms with van der Waals surface area (Å²) in [5.41, 5.74) is 3.24. The van der Waals surface area contributed by atoms with Crippen LogP contribution in [0.25, 0.3) is 0 Å². The van der Waals surface area contributed by atoms with Crippen molar-refractivity contribution >= 4 is 22.6 Å². The van der Waals surface area contributed by atoms with Crippen LogP contribution in [-0.2, 0) is 28.4 Å². The highest BCUT2D eigenvalue weighted by Gasteiger charge is 2.30. The standard InChI is InChI=1S/C25H30N4O2S/c1-2-18-3-5-19(6-4-18)17-20-7-12-29(13-8-20)25-27-22-11-16-32(30)23(22)24(28-25)26-21-9-14-31-15-10-21/h1,3-6,20-21H,7-17H2,(H,26,27,28). The van der Waals surface area contributed by atoms with E-state index in [1.54, 1.807) is 0 Å². The molecule has 6 nitrogen and oxygen atoms in total. The number of piperidine rings is 1. The second kappa shape index (κ2) is 9.60. The summed E-state index contributed by atoms with van der Waals surface area (Å²) in [4.78, 5) is 12.9. The Morgan fingerprint density at radius 3 is 2.59 bits per heavy atom. The van der Waals surface area contributed by atoms with Gasteiger partial charge in [-0.2, -0.15) is 4.98 Å². The number of hydrogen-bond donors (Lipinski definition) is 1. The smallest absolute Gasteiger partial charge is 0.227 e. The average molecular weight is 451 g/mol. The number of anilines is 2. The molecule has 5 rings (SSSR count). The quantitative estimate of drug-likeness (QED) is 0.706. The molecule has 3 aliphatic rings. The lowest BCUT2D eigenvalue weighted by Crippen LogP contribution is -2.36. The van der Waals surface area contributed by atoms with E-state index in [0.29, 0.717) is 17.7 Å². The largest absolute Gasteiger partial charge is 0.381 e. The highest BCUT2D eigenvalue weighted by atomic mass is 32.2. The Kier molecular flexibility index (Phi) is 6.42. The highest BCUT2D eigenvalue weighted by Crippen LogP contribution is 2.32. The summed E-state index contributed by atoms with van der Waals surface area (Å²) in [5.74, 6) is 5.55. The molecule has 0 amide bonds. The maximum atomic E-state index is 12.6. The third kappa shape index (κ3) is 4.67. The third-order valence-corrected chi connectivity index (χ3v) is 8.24. The molecule has 0 saturated carbocycles. The van der Waals surface area contributed by atoms with Gasteiger partial charge in [-0.1, -0.05) is 18.1 Å². The number of terminal acetylenes is 1. The van der Waals surface area contributed by atoms with Crippen molar-refractivity contribution in [2.75, 3.05) is 42.3 Å². The van der Waals surface area contributed by atoms with Gasteiger partial charge >= 0.3 is 0 Å². The number of benzene rings is 1. The summed E-state index contributed by atoms with van der Waals surface area (Å²) in [6, 6.07) is 8.68. The Morgan fingerprint density at radius 1 is 1.12 bits per heavy atom. The Balaban J connectivity index is 1.27. The third-order valence-electron chi connectivity index (χ3n) is 6.78. The number of rotatable bonds is 5. The van der Waals surface area contributed by atoms with Gasteiger partial charge in [0.15, 0.2) is 0 Å². The second-order valence-electron chi connectivity index (χ2n) is 8.95. The fourth-order valence-electron chi connectivity index (χ4n) is 4.87. The molecule has 1 atom stereocenters. The van der Waals surface area contributed by atoms with Crippen molar-refractivity contribution in [2.45, 2.75) is 49.5 Å². The highest BCUT2D eigenvalue weighted by molar-refractivity contribution is 7.85. The van der Waals surface area contributed by atoms with Crippen LogP contribution in [0.5, 0.6) is 0 Å². The van der Waals surface area contributed by atoms with E-state index in [1.807, 2.05) is 12.1 Å². The fraction of sp³-hybridized carbons (Fsp3) is 0.520. The molecule has 4 heterocycles. The van der Waals surface area contributed by atoms with E-state index in [-0.39, 0.29) is 0 Å². The summed E-state index contributed by atoms with van der Waals surface area (Å²) in [6.07, 6.45) is 11.5. The molecule has 0 radical (unpaired) electrons. The van der Waals surface area contributed by atoms with E-state index < -0.39 is 10.8 Å². The minimum absolute atomic E-state index is 0.319. The summed E-state index contributed by atoms with van der Waals surface area (Å²) in [7, 11) is -1.01. The van der Waals surface area contributed by atoms with Crippen LogP contribution in [0.3, 0.4) is 0 Å². The van der Waals surface area contributed by atoms with Gasteiger partial charge in [0.05, 0.1) is 16.5 Å². The maximum Gasteiger partial charge on any atom is 0.227 e. The first-order valence-corrected chi connectivity index (χ1v) is 13.0. The number of nitrogens with one attached hydrogen (secondary N) is 1. The lowest BCUT2D eigenvalue weighted by atomic mass is 9.90. The Bertz CT molecular complexity index is 1020. The van der Waals surface area contributed by atoms with Crippen LogP contribution in [-0.4, -0.2) is 52.3 Å². The number of nitrogens with zero attached hydrogens (tertiary/aromatic N) is 3. The Labute approximate surface area is 192 Å². The van der Waals surface area contributed by atoms with Gasteiger partial charge in [0.1, 0.15) is 10.7 Å². The molecule has 2 fully saturated rings. The number of hydrogen-bond acceptors (Lipinski definition) is 6. The molecule has 7 heteroatoms. The minimum Gasteiger partial charge on any atom is -0.381 e. The normalized spacial score (nSPS) is 21.8. The van der Waals surface area contributed by atoms with Crippen LogP contribution >= 0.6 is 0 Å². The van der Waals surface area contributed by atoms with Gasteiger partial charge in [-0.15, -0.1) is 6.42 Å². The lowest BCUT2D eigenvalue weighted by Gasteiger charge is -2.33. The van der Waals surface area contributed by atoms with Crippen LogP contribution < -0.4 is 10.2 Å². The van der Waals surface area contributed by atoms with Gasteiger partial charge in [-0.05, 0) is 55.7 Å². The topological polar surface area (TPSA) is 67.3 Å². The summed E-state index contributed by atoms with van der Waals surface area (Å²) < 4.78 is 18.1. The number of fused-ring (bicyclic) bond motifs is 1. The molecular formula is C25H30N4O2S. The van der Waals surface area contributed by atoms with E-state index in [9.17, 15) is 4.21 Å². The van der Waals surface area contributed by atoms with Gasteiger partial charge in [-0.3, -0.25) is 4.21 Å². The molecule has 2 saturated heterocycles. The predicted octanol–water partition coefficient (Wildman–Crippen LogP) is 3.17. The van der Waals surface area contributed by atoms with Crippen molar-refractivity contribution in [1.82, 2.24) is 9.97 Å². The zero-order valence-corrected chi connectivity index (χ0v) is 19.2. The Morgan fingerprint density at radius 2 is 1.88 bits per heavy atom. The van der Waals surface area contributed by atoms with Gasteiger partial charge in [-0.25, -0.2) is 4.98 Å². The molecular weight excluding hydrogens is 420 g/mol. The Hall–Kier alpha value is -2.43. The first-order chi connectivity index (χ1) is 15.7. The summed E-state index contributed by atoms with van der Waals surface area (Å²) in [6.45, 7) is 3.43. The summed E-state index contributed by atoms with van der Waals surface area (Å²) >= 11 is 0. The molecule has 1 N–H and O–H groups in total. The average Bonchev–Trinajstić information content (AvgIpc) is 3.21. The first kappa shape index (κ1) is 21.4.